The van der Waals surface area contributed by atoms with Crippen LogP contribution in [0.25, 0.3) is 21.9 Å². The number of anilines is 1. The van der Waals surface area contributed by atoms with Crippen molar-refractivity contribution < 1.29 is 9.59 Å². The molecule has 0 aliphatic rings. The fourth-order valence-electron chi connectivity index (χ4n) is 3.68. The lowest BCUT2D eigenvalue weighted by atomic mass is 10.2. The molecule has 0 saturated carbocycles. The number of benzene rings is 1. The molecule has 8 nitrogen and oxygen atoms in total. The molecule has 10 heteroatoms. The Morgan fingerprint density at radius 1 is 1.12 bits per heavy atom. The summed E-state index contributed by atoms with van der Waals surface area (Å²) in [7, 11) is 2.88. The van der Waals surface area contributed by atoms with Crippen LogP contribution < -0.4 is 16.8 Å². The molecular weight excluding hydrogens is 456 g/mol. The zero-order valence-corrected chi connectivity index (χ0v) is 20.6. The number of para-hydroxylation sites is 1. The van der Waals surface area contributed by atoms with E-state index in [1.54, 1.807) is 0 Å². The number of primary amides is 1. The molecule has 3 aromatic rings. The van der Waals surface area contributed by atoms with Crippen LogP contribution in [0.4, 0.5) is 5.82 Å². The number of nitrogens with zero attached hydrogens (tertiary/aromatic N) is 3. The first-order valence-electron chi connectivity index (χ1n) is 11.3. The van der Waals surface area contributed by atoms with Crippen LogP contribution in [0.3, 0.4) is 0 Å². The van der Waals surface area contributed by atoms with Crippen molar-refractivity contribution in [3.05, 3.63) is 30.1 Å². The van der Waals surface area contributed by atoms with Gasteiger partial charge in [0.25, 0.3) is 0 Å². The molecule has 33 heavy (non-hydrogen) atoms. The lowest BCUT2D eigenvalue weighted by Gasteiger charge is -2.11. The molecule has 3 rings (SSSR count). The van der Waals surface area contributed by atoms with E-state index in [1.807, 2.05) is 18.2 Å². The third-order valence-electron chi connectivity index (χ3n) is 5.27. The van der Waals surface area contributed by atoms with Gasteiger partial charge in [0, 0.05) is 37.1 Å². The largest absolute Gasteiger partial charge is 0.382 e. The average Bonchev–Trinajstić information content (AvgIpc) is 3.16. The molecule has 0 bridgehead atoms. The number of carbonyl (C=O) groups is 2. The van der Waals surface area contributed by atoms with E-state index in [1.165, 1.54) is 21.6 Å². The number of amides is 2. The summed E-state index contributed by atoms with van der Waals surface area (Å²) in [6, 6.07) is 8.04. The summed E-state index contributed by atoms with van der Waals surface area (Å²) >= 11 is 0. The summed E-state index contributed by atoms with van der Waals surface area (Å²) in [6.45, 7) is 3.63. The first-order chi connectivity index (χ1) is 16.0. The van der Waals surface area contributed by atoms with Crippen molar-refractivity contribution in [2.75, 3.05) is 23.8 Å². The van der Waals surface area contributed by atoms with Crippen LogP contribution in [0, 0.1) is 0 Å². The molecule has 178 valence electrons. The number of pyridine rings is 1. The Morgan fingerprint density at radius 2 is 1.94 bits per heavy atom. The Morgan fingerprint density at radius 3 is 2.73 bits per heavy atom. The summed E-state index contributed by atoms with van der Waals surface area (Å²) in [5.41, 5.74) is 14.1. The van der Waals surface area contributed by atoms with Crippen molar-refractivity contribution in [1.82, 2.24) is 19.9 Å². The topological polar surface area (TPSA) is 129 Å². The minimum absolute atomic E-state index is 0.0312. The average molecular weight is 489 g/mol. The van der Waals surface area contributed by atoms with Crippen LogP contribution in [0.5, 0.6) is 0 Å². The highest BCUT2D eigenvalue weighted by Crippen LogP contribution is 2.29. The van der Waals surface area contributed by atoms with Crippen molar-refractivity contribution in [1.29, 1.82) is 0 Å². The zero-order chi connectivity index (χ0) is 23.6. The molecule has 0 atom stereocenters. The molecule has 0 spiro atoms. The second kappa shape index (κ2) is 12.7. The van der Waals surface area contributed by atoms with Crippen LogP contribution >= 0.6 is 21.6 Å². The van der Waals surface area contributed by atoms with Crippen molar-refractivity contribution in [3.8, 4) is 0 Å². The number of imidazole rings is 1. The van der Waals surface area contributed by atoms with Gasteiger partial charge in [0.2, 0.25) is 11.8 Å². The van der Waals surface area contributed by atoms with E-state index in [0.717, 1.165) is 66.4 Å². The second-order valence-electron chi connectivity index (χ2n) is 7.85. The molecule has 0 unspecified atom stereocenters. The predicted octanol–water partition coefficient (Wildman–Crippen LogP) is 3.66. The number of aryl methyl sites for hydroxylation is 2. The second-order valence-corrected chi connectivity index (χ2v) is 10.4. The van der Waals surface area contributed by atoms with Gasteiger partial charge in [-0.25, -0.2) is 9.97 Å². The van der Waals surface area contributed by atoms with E-state index in [0.29, 0.717) is 24.5 Å². The molecule has 0 fully saturated rings. The van der Waals surface area contributed by atoms with E-state index in [-0.39, 0.29) is 17.6 Å². The van der Waals surface area contributed by atoms with Crippen molar-refractivity contribution >= 4 is 61.2 Å². The predicted molar refractivity (Wildman–Crippen MR) is 139 cm³/mol. The number of carbonyl (C=O) groups excluding carboxylic acids is 2. The Kier molecular flexibility index (Phi) is 9.68. The number of unbranched alkanes of at least 4 members (excludes halogenated alkanes) is 2. The maximum absolute atomic E-state index is 12.0. The van der Waals surface area contributed by atoms with Crippen LogP contribution in [-0.4, -0.2) is 44.4 Å². The summed E-state index contributed by atoms with van der Waals surface area (Å²) in [4.78, 5) is 32.1. The summed E-state index contributed by atoms with van der Waals surface area (Å²) < 4.78 is 2.29. The van der Waals surface area contributed by atoms with E-state index in [4.69, 9.17) is 16.5 Å². The molecule has 1 aromatic carbocycles. The number of nitrogens with two attached hydrogens (primary N) is 2. The highest BCUT2D eigenvalue weighted by molar-refractivity contribution is 8.76. The van der Waals surface area contributed by atoms with Crippen LogP contribution in [-0.2, 0) is 22.6 Å². The van der Waals surface area contributed by atoms with E-state index in [9.17, 15) is 9.59 Å². The van der Waals surface area contributed by atoms with Gasteiger partial charge in [-0.2, -0.15) is 0 Å². The van der Waals surface area contributed by atoms with Gasteiger partial charge in [0.05, 0.1) is 16.8 Å². The zero-order valence-electron chi connectivity index (χ0n) is 19.0. The van der Waals surface area contributed by atoms with Crippen LogP contribution in [0.1, 0.15) is 44.9 Å². The standard InChI is InChI=1S/C23H32N6O2S2/c1-2-3-10-19-28-21-22(16-8-4-5-9-17(16)27-23(21)25)29(19)13-7-6-12-26-20(31)11-14-32-33-15-18(24)30/h4-5,8-9H,2-3,6-7,10-15H2,1H3,(H2,24,30)(H2,25,27)(H,26,31). The molecule has 0 radical (unpaired) electrons. The number of nitrogen functional groups attached to an aromatic ring is 1. The molecule has 5 N–H and O–H groups in total. The van der Waals surface area contributed by atoms with Gasteiger partial charge < -0.3 is 21.4 Å². The van der Waals surface area contributed by atoms with Crippen molar-refractivity contribution in [2.24, 2.45) is 5.73 Å². The Bertz CT molecular complexity index is 1100. The number of rotatable bonds is 14. The Labute approximate surface area is 202 Å². The van der Waals surface area contributed by atoms with Crippen molar-refractivity contribution in [2.45, 2.75) is 52.0 Å². The molecular formula is C23H32N6O2S2. The minimum atomic E-state index is -0.340. The highest BCUT2D eigenvalue weighted by atomic mass is 33.1. The number of aromatic nitrogens is 3. The Hall–Kier alpha value is -2.46. The summed E-state index contributed by atoms with van der Waals surface area (Å²) in [5, 5.41) is 4.05. The normalized spacial score (nSPS) is 11.3. The SMILES string of the molecule is CCCCc1nc2c(N)nc3ccccc3c2n1CCCCNC(=O)CCSSCC(N)=O. The smallest absolute Gasteiger partial charge is 0.228 e. The third kappa shape index (κ3) is 7.01. The fourth-order valence-corrected chi connectivity index (χ4v) is 5.46. The van der Waals surface area contributed by atoms with Gasteiger partial charge in [-0.15, -0.1) is 0 Å². The molecule has 0 aliphatic heterocycles. The maximum Gasteiger partial charge on any atom is 0.228 e. The molecule has 0 aliphatic carbocycles. The summed E-state index contributed by atoms with van der Waals surface area (Å²) in [5.74, 6) is 2.14. The number of hydrogen-bond acceptors (Lipinski definition) is 7. The van der Waals surface area contributed by atoms with E-state index >= 15 is 0 Å². The molecule has 2 amide bonds. The van der Waals surface area contributed by atoms with Gasteiger partial charge in [-0.3, -0.25) is 9.59 Å². The molecule has 0 saturated heterocycles. The number of nitrogens with one attached hydrogen (secondary N) is 1. The Balaban J connectivity index is 1.58. The monoisotopic (exact) mass is 488 g/mol. The first kappa shape index (κ1) is 25.2. The maximum atomic E-state index is 12.0. The number of hydrogen-bond donors (Lipinski definition) is 3. The lowest BCUT2D eigenvalue weighted by molar-refractivity contribution is -0.120. The fraction of sp³-hybridized carbons (Fsp3) is 0.478. The summed E-state index contributed by atoms with van der Waals surface area (Å²) in [6.07, 6.45) is 5.30. The highest BCUT2D eigenvalue weighted by Gasteiger charge is 2.16. The van der Waals surface area contributed by atoms with Crippen LogP contribution in [0.15, 0.2) is 24.3 Å². The first-order valence-corrected chi connectivity index (χ1v) is 13.8. The third-order valence-corrected chi connectivity index (χ3v) is 7.56. The van der Waals surface area contributed by atoms with Gasteiger partial charge in [0.1, 0.15) is 11.3 Å². The lowest BCUT2D eigenvalue weighted by Crippen LogP contribution is -2.24. The van der Waals surface area contributed by atoms with Crippen molar-refractivity contribution in [3.63, 3.8) is 0 Å². The van der Waals surface area contributed by atoms with Gasteiger partial charge in [0.15, 0.2) is 5.82 Å². The number of fused-ring (bicyclic) bond motifs is 3. The van der Waals surface area contributed by atoms with Gasteiger partial charge in [-0.1, -0.05) is 53.1 Å². The van der Waals surface area contributed by atoms with Gasteiger partial charge in [-0.05, 0) is 25.3 Å². The van der Waals surface area contributed by atoms with Gasteiger partial charge >= 0.3 is 0 Å². The molecule has 2 heterocycles. The van der Waals surface area contributed by atoms with Crippen LogP contribution in [0.2, 0.25) is 0 Å². The van der Waals surface area contributed by atoms with E-state index in [2.05, 4.69) is 27.9 Å². The van der Waals surface area contributed by atoms with E-state index < -0.39 is 0 Å². The minimum Gasteiger partial charge on any atom is -0.382 e. The molecule has 2 aromatic heterocycles. The quantitative estimate of drug-likeness (QED) is 0.233.